The van der Waals surface area contributed by atoms with E-state index in [9.17, 15) is 4.79 Å². The smallest absolute Gasteiger partial charge is 0.410 e. The number of rotatable bonds is 10. The van der Waals surface area contributed by atoms with Gasteiger partial charge in [-0.2, -0.15) is 9.97 Å². The van der Waals surface area contributed by atoms with Gasteiger partial charge in [0.2, 0.25) is 5.88 Å². The normalized spacial score (nSPS) is 22.6. The van der Waals surface area contributed by atoms with Crippen LogP contribution in [-0.4, -0.2) is 113 Å². The molecule has 59 heavy (non-hydrogen) atoms. The van der Waals surface area contributed by atoms with Gasteiger partial charge in [-0.3, -0.25) is 4.90 Å². The molecule has 0 unspecified atom stereocenters. The zero-order valence-electron chi connectivity index (χ0n) is 33.8. The van der Waals surface area contributed by atoms with E-state index in [1.807, 2.05) is 32.6 Å². The molecule has 6 heterocycles. The van der Waals surface area contributed by atoms with Crippen LogP contribution in [0.15, 0.2) is 29.4 Å². The fourth-order valence-electron chi connectivity index (χ4n) is 9.17. The highest BCUT2D eigenvalue weighted by atomic mass is 19.1. The van der Waals surface area contributed by atoms with Gasteiger partial charge in [0.1, 0.15) is 52.8 Å². The zero-order valence-corrected chi connectivity index (χ0v) is 33.8. The van der Waals surface area contributed by atoms with Gasteiger partial charge in [0, 0.05) is 48.6 Å². The number of benzene rings is 2. The summed E-state index contributed by atoms with van der Waals surface area (Å²) in [4.78, 5) is 37.1. The number of fused-ring (bicyclic) bond motifs is 4. The molecule has 3 fully saturated rings. The van der Waals surface area contributed by atoms with Crippen LogP contribution in [0, 0.1) is 24.0 Å². The number of halogens is 2. The number of terminal acetylenes is 1. The Morgan fingerprint density at radius 1 is 1.14 bits per heavy atom. The average molecular weight is 812 g/mol. The van der Waals surface area contributed by atoms with Crippen LogP contribution >= 0.6 is 0 Å². The van der Waals surface area contributed by atoms with E-state index in [2.05, 4.69) is 20.8 Å². The Morgan fingerprint density at radius 3 is 2.71 bits per heavy atom. The van der Waals surface area contributed by atoms with Crippen molar-refractivity contribution in [2.24, 2.45) is 5.11 Å². The second-order valence-corrected chi connectivity index (χ2v) is 16.5. The summed E-state index contributed by atoms with van der Waals surface area (Å²) >= 11 is 0. The molecule has 0 saturated carbocycles. The number of aromatic nitrogens is 3. The van der Waals surface area contributed by atoms with E-state index in [0.717, 1.165) is 32.2 Å². The number of nitrogens with zero attached hydrogens (tertiary/aromatic N) is 9. The molecule has 4 aromatic rings. The first-order chi connectivity index (χ1) is 28.4. The number of carbonyl (C=O) groups is 1. The van der Waals surface area contributed by atoms with Gasteiger partial charge in [0.05, 0.1) is 23.2 Å². The summed E-state index contributed by atoms with van der Waals surface area (Å²) in [6, 6.07) is 5.33. The molecule has 2 aromatic heterocycles. The fourth-order valence-corrected chi connectivity index (χ4v) is 9.17. The van der Waals surface area contributed by atoms with Crippen molar-refractivity contribution < 1.29 is 37.3 Å². The van der Waals surface area contributed by atoms with Crippen molar-refractivity contribution in [3.63, 3.8) is 0 Å². The summed E-state index contributed by atoms with van der Waals surface area (Å²) in [5.74, 6) is 1.67. The lowest BCUT2D eigenvalue weighted by atomic mass is 9.95. The third-order valence-corrected chi connectivity index (χ3v) is 11.8. The molecule has 3 saturated heterocycles. The van der Waals surface area contributed by atoms with Crippen molar-refractivity contribution in [1.29, 1.82) is 0 Å². The molecule has 0 radical (unpaired) electrons. The minimum absolute atomic E-state index is 0.0464. The van der Waals surface area contributed by atoms with Crippen molar-refractivity contribution in [2.75, 3.05) is 58.2 Å². The summed E-state index contributed by atoms with van der Waals surface area (Å²) in [7, 11) is 1.47. The monoisotopic (exact) mass is 811 g/mol. The Labute approximate surface area is 340 Å². The number of ether oxygens (including phenoxy) is 5. The summed E-state index contributed by atoms with van der Waals surface area (Å²) in [6.07, 6.45) is 9.53. The first-order valence-corrected chi connectivity index (χ1v) is 19.9. The van der Waals surface area contributed by atoms with Crippen molar-refractivity contribution in [3.8, 4) is 41.2 Å². The average Bonchev–Trinajstić information content (AvgIpc) is 3.74. The molecule has 0 N–H and O–H groups in total. The maximum Gasteiger partial charge on any atom is 0.410 e. The molecule has 0 bridgehead atoms. The molecule has 4 aliphatic rings. The Kier molecular flexibility index (Phi) is 10.8. The lowest BCUT2D eigenvalue weighted by Gasteiger charge is -2.45. The lowest BCUT2D eigenvalue weighted by molar-refractivity contribution is 0.00832. The number of pyridine rings is 1. The first-order valence-electron chi connectivity index (χ1n) is 19.9. The van der Waals surface area contributed by atoms with Crippen molar-refractivity contribution in [2.45, 2.75) is 89.1 Å². The zero-order chi connectivity index (χ0) is 41.6. The highest BCUT2D eigenvalue weighted by molar-refractivity contribution is 6.04. The molecule has 0 aliphatic carbocycles. The molecule has 8 rings (SSSR count). The number of amides is 1. The van der Waals surface area contributed by atoms with Crippen molar-refractivity contribution in [1.82, 2.24) is 24.8 Å². The third-order valence-electron chi connectivity index (χ3n) is 11.8. The first kappa shape index (κ1) is 40.1. The number of piperazine rings is 1. The van der Waals surface area contributed by atoms with Crippen LogP contribution in [0.4, 0.5) is 19.4 Å². The van der Waals surface area contributed by atoms with Crippen LogP contribution in [0.3, 0.4) is 0 Å². The van der Waals surface area contributed by atoms with Gasteiger partial charge >= 0.3 is 12.1 Å². The molecule has 2 aromatic carbocycles. The molecule has 0 spiro atoms. The lowest BCUT2D eigenvalue weighted by Crippen LogP contribution is -2.62. The number of hydrogen-bond acceptors (Lipinski definition) is 12. The van der Waals surface area contributed by atoms with Crippen LogP contribution in [0.25, 0.3) is 43.4 Å². The number of azide groups is 1. The summed E-state index contributed by atoms with van der Waals surface area (Å²) in [5, 5.41) is 4.83. The Balaban J connectivity index is 1.28. The van der Waals surface area contributed by atoms with Crippen molar-refractivity contribution >= 4 is 33.6 Å². The van der Waals surface area contributed by atoms with Gasteiger partial charge in [-0.15, -0.1) is 6.42 Å². The van der Waals surface area contributed by atoms with Gasteiger partial charge in [-0.05, 0) is 88.5 Å². The maximum absolute atomic E-state index is 17.6. The standard InChI is InChI=1S/C42H47F2N9O6/c1-7-25-19-51-27(20-52(25)40(54)59-41(3,4)5)21-56-38-33-36(48-39(49-37(33)51)57-22-42-13-9-15-53(42)26(12-14-42)18-46-50-45)34(44)35(47-38)30-17-28(58-23-55-6)16-24-10-11-31(43)29(8-2)32(24)30/h2,10-11,16-17,25-27H,7,9,12-15,18-23H2,1,3-6H3/t25-,26+,27+,42+/m1/s1. The number of carbonyl (C=O) groups excluding carboxylic acids is 1. The van der Waals surface area contributed by atoms with E-state index in [4.69, 9.17) is 50.6 Å². The van der Waals surface area contributed by atoms with Crippen LogP contribution < -0.4 is 19.1 Å². The summed E-state index contributed by atoms with van der Waals surface area (Å²) in [6.45, 7) is 9.43. The third kappa shape index (κ3) is 7.34. The molecular weight excluding hydrogens is 765 g/mol. The highest BCUT2D eigenvalue weighted by Crippen LogP contribution is 2.46. The van der Waals surface area contributed by atoms with E-state index in [1.165, 1.54) is 25.3 Å². The minimum atomic E-state index is -0.827. The molecular formula is C42H47F2N9O6. The van der Waals surface area contributed by atoms with E-state index in [-0.39, 0.29) is 89.2 Å². The van der Waals surface area contributed by atoms with E-state index in [0.29, 0.717) is 36.5 Å². The summed E-state index contributed by atoms with van der Waals surface area (Å²) < 4.78 is 62.7. The summed E-state index contributed by atoms with van der Waals surface area (Å²) in [5.41, 5.74) is 7.74. The van der Waals surface area contributed by atoms with Crippen molar-refractivity contribution in [3.05, 3.63) is 51.9 Å². The van der Waals surface area contributed by atoms with Gasteiger partial charge in [0.15, 0.2) is 12.6 Å². The molecule has 310 valence electrons. The molecule has 1 amide bonds. The predicted octanol–water partition coefficient (Wildman–Crippen LogP) is 7.37. The van der Waals surface area contributed by atoms with Crippen LogP contribution in [-0.2, 0) is 9.47 Å². The number of methoxy groups -OCH3 is 1. The van der Waals surface area contributed by atoms with Gasteiger partial charge in [-0.1, -0.05) is 24.0 Å². The highest BCUT2D eigenvalue weighted by Gasteiger charge is 2.50. The quantitative estimate of drug-likeness (QED) is 0.0517. The minimum Gasteiger partial charge on any atom is -0.475 e. The van der Waals surface area contributed by atoms with E-state index in [1.54, 1.807) is 11.0 Å². The number of anilines is 1. The van der Waals surface area contributed by atoms with Gasteiger partial charge in [0.25, 0.3) is 0 Å². The van der Waals surface area contributed by atoms with E-state index < -0.39 is 29.4 Å². The van der Waals surface area contributed by atoms with Gasteiger partial charge < -0.3 is 33.5 Å². The second kappa shape index (κ2) is 15.8. The van der Waals surface area contributed by atoms with Crippen LogP contribution in [0.5, 0.6) is 17.6 Å². The molecule has 15 nitrogen and oxygen atoms in total. The van der Waals surface area contributed by atoms with E-state index >= 15 is 8.78 Å². The number of hydrogen-bond donors (Lipinski definition) is 0. The Morgan fingerprint density at radius 2 is 1.97 bits per heavy atom. The maximum atomic E-state index is 17.6. The van der Waals surface area contributed by atoms with Gasteiger partial charge in [-0.25, -0.2) is 18.6 Å². The topological polar surface area (TPSA) is 160 Å². The second-order valence-electron chi connectivity index (χ2n) is 16.5. The Hall–Kier alpha value is -5.69. The fraction of sp³-hybridized carbons (Fsp3) is 0.524. The molecule has 4 atom stereocenters. The molecule has 4 aliphatic heterocycles. The SMILES string of the molecule is C#Cc1c(F)ccc2cc(OCOC)cc(-c3nc4c5c(nc(OC[C@@]67CCCN6[C@H](CN=[N+]=[N-])CC7)nc5c3F)N3C[C@@H](CC)N(C(=O)OC(C)(C)C)C[C@H]3CO4)c12. The van der Waals surface area contributed by atoms with Crippen LogP contribution in [0.2, 0.25) is 0 Å². The Bertz CT molecular complexity index is 2400. The molecule has 17 heteroatoms. The van der Waals surface area contributed by atoms with Crippen LogP contribution in [0.1, 0.15) is 65.4 Å². The largest absolute Gasteiger partial charge is 0.475 e. The predicted molar refractivity (Wildman–Crippen MR) is 215 cm³/mol.